The van der Waals surface area contributed by atoms with E-state index in [-0.39, 0.29) is 24.7 Å². The molecule has 1 aromatic carbocycles. The lowest BCUT2D eigenvalue weighted by atomic mass is 9.91. The molecule has 2 fully saturated rings. The molecule has 1 aromatic rings. The van der Waals surface area contributed by atoms with Crippen molar-refractivity contribution in [2.45, 2.75) is 23.3 Å². The van der Waals surface area contributed by atoms with Crippen molar-refractivity contribution in [1.82, 2.24) is 4.31 Å². The average Bonchev–Trinajstić information content (AvgIpc) is 3.12. The van der Waals surface area contributed by atoms with E-state index in [1.165, 1.54) is 6.07 Å². The highest BCUT2D eigenvalue weighted by Gasteiger charge is 2.55. The van der Waals surface area contributed by atoms with Crippen LogP contribution >= 0.6 is 0 Å². The van der Waals surface area contributed by atoms with Crippen LogP contribution in [0.5, 0.6) is 0 Å². The summed E-state index contributed by atoms with van der Waals surface area (Å²) in [6, 6.07) is 3.46. The van der Waals surface area contributed by atoms with E-state index in [4.69, 9.17) is 5.73 Å². The number of benzene rings is 1. The first-order valence-electron chi connectivity index (χ1n) is 6.10. The number of hydrogen-bond donors (Lipinski definition) is 2. The maximum atomic E-state index is 13.6. The number of anilines is 1. The summed E-state index contributed by atoms with van der Waals surface area (Å²) < 4.78 is 39.2. The topological polar surface area (TPSA) is 83.6 Å². The maximum absolute atomic E-state index is 13.6. The number of hydrogen-bond acceptors (Lipinski definition) is 4. The second-order valence-electron chi connectivity index (χ2n) is 5.34. The number of nitrogens with two attached hydrogens (primary N) is 1. The molecule has 3 rings (SSSR count). The zero-order valence-electron chi connectivity index (χ0n) is 10.2. The van der Waals surface area contributed by atoms with E-state index >= 15 is 0 Å². The molecule has 2 aliphatic rings. The van der Waals surface area contributed by atoms with Gasteiger partial charge in [-0.05, 0) is 37.0 Å². The molecule has 0 aromatic heterocycles. The predicted octanol–water partition coefficient (Wildman–Crippen LogP) is 0.553. The molecule has 7 heteroatoms. The zero-order valence-corrected chi connectivity index (χ0v) is 11.0. The van der Waals surface area contributed by atoms with Crippen molar-refractivity contribution in [3.8, 4) is 0 Å². The van der Waals surface area contributed by atoms with Gasteiger partial charge in [0.1, 0.15) is 10.7 Å². The molecule has 0 spiro atoms. The zero-order chi connectivity index (χ0) is 13.8. The second-order valence-corrected chi connectivity index (χ2v) is 7.25. The Morgan fingerprint density at radius 2 is 2.00 bits per heavy atom. The molecular weight excluding hydrogens is 271 g/mol. The van der Waals surface area contributed by atoms with Gasteiger partial charge in [0.05, 0.1) is 5.60 Å². The van der Waals surface area contributed by atoms with Crippen LogP contribution in [0.4, 0.5) is 10.1 Å². The molecule has 1 aliphatic heterocycles. The number of nitrogens with zero attached hydrogens (tertiary/aromatic N) is 1. The van der Waals surface area contributed by atoms with Crippen LogP contribution in [0.25, 0.3) is 0 Å². The molecule has 0 unspecified atom stereocenters. The summed E-state index contributed by atoms with van der Waals surface area (Å²) in [7, 11) is -3.91. The summed E-state index contributed by atoms with van der Waals surface area (Å²) in [4.78, 5) is -0.426. The third kappa shape index (κ3) is 2.01. The van der Waals surface area contributed by atoms with Gasteiger partial charge in [-0.25, -0.2) is 12.8 Å². The van der Waals surface area contributed by atoms with E-state index in [1.54, 1.807) is 0 Å². The van der Waals surface area contributed by atoms with Gasteiger partial charge in [-0.3, -0.25) is 0 Å². The van der Waals surface area contributed by atoms with Crippen LogP contribution in [-0.2, 0) is 10.0 Å². The summed E-state index contributed by atoms with van der Waals surface area (Å²) in [6.07, 6.45) is 1.86. The molecule has 104 valence electrons. The molecule has 0 bridgehead atoms. The van der Waals surface area contributed by atoms with Gasteiger partial charge in [0.2, 0.25) is 10.0 Å². The Labute approximate surface area is 110 Å². The lowest BCUT2D eigenvalue weighted by molar-refractivity contribution is -0.0765. The lowest BCUT2D eigenvalue weighted by Crippen LogP contribution is -2.64. The van der Waals surface area contributed by atoms with Gasteiger partial charge < -0.3 is 10.8 Å². The normalized spacial score (nSPS) is 23.1. The molecule has 1 aliphatic carbocycles. The highest BCUT2D eigenvalue weighted by molar-refractivity contribution is 7.89. The van der Waals surface area contributed by atoms with E-state index < -0.39 is 26.3 Å². The fraction of sp³-hybridized carbons (Fsp3) is 0.500. The third-order valence-electron chi connectivity index (χ3n) is 3.81. The highest BCUT2D eigenvalue weighted by atomic mass is 32.2. The van der Waals surface area contributed by atoms with Crippen LogP contribution in [-0.4, -0.2) is 36.5 Å². The molecule has 0 atom stereocenters. The van der Waals surface area contributed by atoms with E-state index in [0.717, 1.165) is 29.3 Å². The molecular formula is C12H15FN2O3S. The van der Waals surface area contributed by atoms with Gasteiger partial charge >= 0.3 is 0 Å². The van der Waals surface area contributed by atoms with Crippen molar-refractivity contribution in [3.05, 3.63) is 24.0 Å². The molecule has 0 radical (unpaired) electrons. The highest BCUT2D eigenvalue weighted by Crippen LogP contribution is 2.46. The van der Waals surface area contributed by atoms with Crippen LogP contribution in [0.1, 0.15) is 12.8 Å². The minimum absolute atomic E-state index is 0.0360. The maximum Gasteiger partial charge on any atom is 0.246 e. The predicted molar refractivity (Wildman–Crippen MR) is 67.2 cm³/mol. The van der Waals surface area contributed by atoms with E-state index in [0.29, 0.717) is 0 Å². The van der Waals surface area contributed by atoms with Crippen LogP contribution < -0.4 is 5.73 Å². The summed E-state index contributed by atoms with van der Waals surface area (Å²) >= 11 is 0. The van der Waals surface area contributed by atoms with Gasteiger partial charge in [0.15, 0.2) is 0 Å². The first kappa shape index (κ1) is 12.8. The number of nitrogen functional groups attached to an aromatic ring is 1. The lowest BCUT2D eigenvalue weighted by Gasteiger charge is -2.45. The SMILES string of the molecule is Nc1ccc(F)c(S(=O)(=O)N2CC(O)(C3CC3)C2)c1. The van der Waals surface area contributed by atoms with Gasteiger partial charge in [-0.1, -0.05) is 0 Å². The van der Waals surface area contributed by atoms with Crippen LogP contribution in [0.15, 0.2) is 23.1 Å². The fourth-order valence-electron chi connectivity index (χ4n) is 2.47. The number of rotatable bonds is 3. The number of sulfonamides is 1. The summed E-state index contributed by atoms with van der Waals surface area (Å²) in [5.41, 5.74) is 4.76. The second kappa shape index (κ2) is 3.91. The quantitative estimate of drug-likeness (QED) is 0.795. The van der Waals surface area contributed by atoms with Gasteiger partial charge in [-0.15, -0.1) is 0 Å². The fourth-order valence-corrected chi connectivity index (χ4v) is 4.13. The van der Waals surface area contributed by atoms with E-state index in [1.807, 2.05) is 0 Å². The molecule has 3 N–H and O–H groups in total. The van der Waals surface area contributed by atoms with E-state index in [9.17, 15) is 17.9 Å². The Bertz CT molecular complexity index is 622. The molecule has 1 heterocycles. The van der Waals surface area contributed by atoms with Gasteiger partial charge in [0, 0.05) is 18.8 Å². The Balaban J connectivity index is 1.86. The number of β-amino-alcohol motifs (C(OH)–C–C–N with tert-alkyl or cyclic N) is 1. The monoisotopic (exact) mass is 286 g/mol. The van der Waals surface area contributed by atoms with Crippen molar-refractivity contribution < 1.29 is 17.9 Å². The Hall–Kier alpha value is -1.18. The minimum atomic E-state index is -3.91. The first-order chi connectivity index (χ1) is 8.83. The third-order valence-corrected chi connectivity index (χ3v) is 5.62. The minimum Gasteiger partial charge on any atom is -0.399 e. The molecule has 1 saturated heterocycles. The molecule has 1 saturated carbocycles. The van der Waals surface area contributed by atoms with Crippen LogP contribution in [0.3, 0.4) is 0 Å². The summed E-state index contributed by atoms with van der Waals surface area (Å²) in [5.74, 6) is -0.638. The average molecular weight is 286 g/mol. The van der Waals surface area contributed by atoms with Gasteiger partial charge in [0.25, 0.3) is 0 Å². The Kier molecular flexibility index (Phi) is 2.64. The standard InChI is InChI=1S/C12H15FN2O3S/c13-10-4-3-9(14)5-11(10)19(17,18)15-6-12(16,7-15)8-1-2-8/h3-5,8,16H,1-2,6-7,14H2. The van der Waals surface area contributed by atoms with Crippen molar-refractivity contribution in [2.75, 3.05) is 18.8 Å². The van der Waals surface area contributed by atoms with Crippen molar-refractivity contribution >= 4 is 15.7 Å². The Morgan fingerprint density at radius 1 is 1.37 bits per heavy atom. The largest absolute Gasteiger partial charge is 0.399 e. The first-order valence-corrected chi connectivity index (χ1v) is 7.54. The number of halogens is 1. The van der Waals surface area contributed by atoms with Crippen molar-refractivity contribution in [2.24, 2.45) is 5.92 Å². The van der Waals surface area contributed by atoms with Crippen LogP contribution in [0, 0.1) is 11.7 Å². The van der Waals surface area contributed by atoms with E-state index in [2.05, 4.69) is 0 Å². The summed E-state index contributed by atoms with van der Waals surface area (Å²) in [5, 5.41) is 10.1. The van der Waals surface area contributed by atoms with Crippen molar-refractivity contribution in [3.63, 3.8) is 0 Å². The van der Waals surface area contributed by atoms with Crippen molar-refractivity contribution in [1.29, 1.82) is 0 Å². The van der Waals surface area contributed by atoms with Crippen LogP contribution in [0.2, 0.25) is 0 Å². The Morgan fingerprint density at radius 3 is 2.58 bits per heavy atom. The molecule has 19 heavy (non-hydrogen) atoms. The summed E-state index contributed by atoms with van der Waals surface area (Å²) in [6.45, 7) is 0.0719. The van der Waals surface area contributed by atoms with Gasteiger partial charge in [-0.2, -0.15) is 4.31 Å². The molecule has 0 amide bonds. The molecule has 5 nitrogen and oxygen atoms in total. The number of aliphatic hydroxyl groups is 1. The smallest absolute Gasteiger partial charge is 0.246 e.